The highest BCUT2D eigenvalue weighted by molar-refractivity contribution is 6.31. The molecule has 0 aliphatic rings. The zero-order chi connectivity index (χ0) is 15.2. The van der Waals surface area contributed by atoms with E-state index in [0.717, 1.165) is 11.1 Å². The first-order valence-electron chi connectivity index (χ1n) is 6.45. The van der Waals surface area contributed by atoms with Gasteiger partial charge in [0.25, 0.3) is 5.91 Å². The van der Waals surface area contributed by atoms with Crippen molar-refractivity contribution in [1.82, 2.24) is 5.32 Å². The first-order valence-corrected chi connectivity index (χ1v) is 7.21. The van der Waals surface area contributed by atoms with Crippen LogP contribution in [-0.4, -0.2) is 12.5 Å². The van der Waals surface area contributed by atoms with Gasteiger partial charge < -0.3 is 10.1 Å². The summed E-state index contributed by atoms with van der Waals surface area (Å²) in [6.45, 7) is 2.21. The fourth-order valence-corrected chi connectivity index (χ4v) is 2.23. The summed E-state index contributed by atoms with van der Waals surface area (Å²) >= 11 is 11.9. The highest BCUT2D eigenvalue weighted by atomic mass is 35.5. The van der Waals surface area contributed by atoms with Crippen molar-refractivity contribution >= 4 is 29.1 Å². The molecule has 1 amide bonds. The van der Waals surface area contributed by atoms with Crippen LogP contribution in [0.5, 0.6) is 5.75 Å². The number of carbonyl (C=O) groups excluding carboxylic acids is 1. The number of hydrogen-bond donors (Lipinski definition) is 1. The van der Waals surface area contributed by atoms with Crippen LogP contribution in [0.25, 0.3) is 0 Å². The lowest BCUT2D eigenvalue weighted by Gasteiger charge is -2.10. The maximum Gasteiger partial charge on any atom is 0.258 e. The Bertz CT molecular complexity index is 644. The molecule has 0 saturated carbocycles. The molecule has 2 aromatic carbocycles. The fraction of sp³-hybridized carbons (Fsp3) is 0.188. The molecule has 0 atom stereocenters. The van der Waals surface area contributed by atoms with Gasteiger partial charge in [-0.15, -0.1) is 0 Å². The van der Waals surface area contributed by atoms with Crippen LogP contribution in [0.4, 0.5) is 0 Å². The average Bonchev–Trinajstić information content (AvgIpc) is 2.45. The molecule has 2 rings (SSSR count). The van der Waals surface area contributed by atoms with Gasteiger partial charge in [0.15, 0.2) is 6.61 Å². The Kier molecular flexibility index (Phi) is 5.48. The molecule has 0 spiro atoms. The summed E-state index contributed by atoms with van der Waals surface area (Å²) in [5, 5.41) is 4.04. The van der Waals surface area contributed by atoms with Crippen molar-refractivity contribution < 1.29 is 9.53 Å². The molecule has 5 heteroatoms. The van der Waals surface area contributed by atoms with Crippen LogP contribution < -0.4 is 10.1 Å². The lowest BCUT2D eigenvalue weighted by molar-refractivity contribution is -0.123. The van der Waals surface area contributed by atoms with Gasteiger partial charge in [-0.05, 0) is 42.3 Å². The van der Waals surface area contributed by atoms with Gasteiger partial charge in [-0.3, -0.25) is 4.79 Å². The van der Waals surface area contributed by atoms with E-state index in [9.17, 15) is 4.79 Å². The zero-order valence-corrected chi connectivity index (χ0v) is 13.0. The first-order chi connectivity index (χ1) is 10.1. The summed E-state index contributed by atoms with van der Waals surface area (Å²) in [5.74, 6) is 0.441. The van der Waals surface area contributed by atoms with E-state index in [0.29, 0.717) is 22.3 Å². The minimum Gasteiger partial charge on any atom is -0.484 e. The van der Waals surface area contributed by atoms with Crippen LogP contribution in [0.2, 0.25) is 10.0 Å². The van der Waals surface area contributed by atoms with E-state index in [2.05, 4.69) is 5.32 Å². The van der Waals surface area contributed by atoms with Crippen molar-refractivity contribution in [3.63, 3.8) is 0 Å². The Morgan fingerprint density at radius 3 is 2.67 bits per heavy atom. The number of benzene rings is 2. The first kappa shape index (κ1) is 15.7. The largest absolute Gasteiger partial charge is 0.484 e. The van der Waals surface area contributed by atoms with Gasteiger partial charge in [-0.2, -0.15) is 0 Å². The number of rotatable bonds is 5. The van der Waals surface area contributed by atoms with E-state index in [4.69, 9.17) is 27.9 Å². The maximum atomic E-state index is 11.8. The quantitative estimate of drug-likeness (QED) is 0.903. The van der Waals surface area contributed by atoms with Crippen LogP contribution >= 0.6 is 23.2 Å². The number of hydrogen-bond acceptors (Lipinski definition) is 2. The normalized spacial score (nSPS) is 10.2. The highest BCUT2D eigenvalue weighted by Crippen LogP contribution is 2.21. The standard InChI is InChI=1S/C16H15Cl2NO2/c1-11-8-13(17)6-7-15(11)21-10-16(20)19-9-12-4-2-3-5-14(12)18/h2-8H,9-10H2,1H3,(H,19,20). The summed E-state index contributed by atoms with van der Waals surface area (Å²) in [7, 11) is 0. The van der Waals surface area contributed by atoms with E-state index < -0.39 is 0 Å². The summed E-state index contributed by atoms with van der Waals surface area (Å²) in [6.07, 6.45) is 0. The molecular formula is C16H15Cl2NO2. The molecule has 1 N–H and O–H groups in total. The van der Waals surface area contributed by atoms with E-state index in [1.54, 1.807) is 24.3 Å². The zero-order valence-electron chi connectivity index (χ0n) is 11.5. The maximum absolute atomic E-state index is 11.8. The molecule has 3 nitrogen and oxygen atoms in total. The van der Waals surface area contributed by atoms with E-state index in [1.165, 1.54) is 0 Å². The third kappa shape index (κ3) is 4.66. The molecule has 0 fully saturated rings. The molecule has 0 aliphatic carbocycles. The molecule has 0 unspecified atom stereocenters. The Morgan fingerprint density at radius 2 is 1.95 bits per heavy atom. The van der Waals surface area contributed by atoms with Crippen molar-refractivity contribution in [3.05, 3.63) is 63.6 Å². The van der Waals surface area contributed by atoms with Gasteiger partial charge in [0.05, 0.1) is 0 Å². The van der Waals surface area contributed by atoms with E-state index in [1.807, 2.05) is 25.1 Å². The summed E-state index contributed by atoms with van der Waals surface area (Å²) < 4.78 is 5.47. The van der Waals surface area contributed by atoms with Gasteiger partial charge in [0.1, 0.15) is 5.75 Å². The molecule has 21 heavy (non-hydrogen) atoms. The highest BCUT2D eigenvalue weighted by Gasteiger charge is 2.06. The summed E-state index contributed by atoms with van der Waals surface area (Å²) in [4.78, 5) is 11.8. The number of amides is 1. The summed E-state index contributed by atoms with van der Waals surface area (Å²) in [5.41, 5.74) is 1.76. The van der Waals surface area contributed by atoms with Crippen LogP contribution in [0, 0.1) is 6.92 Å². The van der Waals surface area contributed by atoms with Crippen molar-refractivity contribution in [3.8, 4) is 5.75 Å². The smallest absolute Gasteiger partial charge is 0.258 e. The molecule has 0 heterocycles. The molecule has 0 saturated heterocycles. The number of nitrogens with one attached hydrogen (secondary N) is 1. The average molecular weight is 324 g/mol. The second-order valence-electron chi connectivity index (χ2n) is 4.57. The van der Waals surface area contributed by atoms with Gasteiger partial charge in [0.2, 0.25) is 0 Å². The van der Waals surface area contributed by atoms with Crippen molar-refractivity contribution in [2.75, 3.05) is 6.61 Å². The van der Waals surface area contributed by atoms with Crippen molar-refractivity contribution in [2.45, 2.75) is 13.5 Å². The molecule has 0 aliphatic heterocycles. The van der Waals surface area contributed by atoms with Crippen LogP contribution in [-0.2, 0) is 11.3 Å². The topological polar surface area (TPSA) is 38.3 Å². The number of aryl methyl sites for hydroxylation is 1. The van der Waals surface area contributed by atoms with E-state index >= 15 is 0 Å². The molecule has 110 valence electrons. The second-order valence-corrected chi connectivity index (χ2v) is 5.41. The molecule has 2 aromatic rings. The van der Waals surface area contributed by atoms with Crippen LogP contribution in [0.15, 0.2) is 42.5 Å². The van der Waals surface area contributed by atoms with Crippen LogP contribution in [0.3, 0.4) is 0 Å². The summed E-state index contributed by atoms with van der Waals surface area (Å²) in [6, 6.07) is 12.6. The number of ether oxygens (including phenoxy) is 1. The third-order valence-corrected chi connectivity index (χ3v) is 3.53. The Morgan fingerprint density at radius 1 is 1.19 bits per heavy atom. The number of halogens is 2. The predicted octanol–water partition coefficient (Wildman–Crippen LogP) is 4.00. The van der Waals surface area contributed by atoms with Gasteiger partial charge in [-0.1, -0.05) is 41.4 Å². The number of carbonyl (C=O) groups is 1. The molecule has 0 radical (unpaired) electrons. The fourth-order valence-electron chi connectivity index (χ4n) is 1.80. The van der Waals surface area contributed by atoms with Crippen molar-refractivity contribution in [1.29, 1.82) is 0 Å². The van der Waals surface area contributed by atoms with Crippen LogP contribution in [0.1, 0.15) is 11.1 Å². The minimum absolute atomic E-state index is 0.0487. The minimum atomic E-state index is -0.204. The second kappa shape index (κ2) is 7.34. The predicted molar refractivity (Wildman–Crippen MR) is 85.0 cm³/mol. The van der Waals surface area contributed by atoms with E-state index in [-0.39, 0.29) is 12.5 Å². The Labute approximate surface area is 133 Å². The van der Waals surface area contributed by atoms with Gasteiger partial charge in [-0.25, -0.2) is 0 Å². The Balaban J connectivity index is 1.84. The monoisotopic (exact) mass is 323 g/mol. The Hall–Kier alpha value is -1.71. The molecule has 0 bridgehead atoms. The molecule has 0 aromatic heterocycles. The van der Waals surface area contributed by atoms with Gasteiger partial charge >= 0.3 is 0 Å². The SMILES string of the molecule is Cc1cc(Cl)ccc1OCC(=O)NCc1ccccc1Cl. The lowest BCUT2D eigenvalue weighted by Crippen LogP contribution is -2.28. The third-order valence-electron chi connectivity index (χ3n) is 2.93. The van der Waals surface area contributed by atoms with Gasteiger partial charge in [0, 0.05) is 16.6 Å². The van der Waals surface area contributed by atoms with Crippen molar-refractivity contribution in [2.24, 2.45) is 0 Å². The lowest BCUT2D eigenvalue weighted by atomic mass is 10.2. The molecular weight excluding hydrogens is 309 g/mol.